The van der Waals surface area contributed by atoms with Gasteiger partial charge in [0, 0.05) is 5.56 Å². The molecule has 0 aromatic heterocycles. The Morgan fingerprint density at radius 3 is 2.47 bits per heavy atom. The zero-order chi connectivity index (χ0) is 13.8. The number of rotatable bonds is 3. The molecular weight excluding hydrogens is 265 g/mol. The van der Waals surface area contributed by atoms with Gasteiger partial charge in [-0.1, -0.05) is 48.0 Å². The predicted octanol–water partition coefficient (Wildman–Crippen LogP) is 3.97. The Labute approximate surface area is 115 Å². The molecule has 0 saturated heterocycles. The van der Waals surface area contributed by atoms with Crippen molar-refractivity contribution >= 4 is 17.4 Å². The topological polar surface area (TPSA) is 40.9 Å². The van der Waals surface area contributed by atoms with E-state index in [9.17, 15) is 9.18 Å². The monoisotopic (exact) mass is 273 g/mol. The molecule has 0 saturated carbocycles. The number of nitriles is 1. The molecule has 2 nitrogen and oxygen atoms in total. The number of nitrogens with zero attached hydrogens (tertiary/aromatic N) is 1. The number of carbonyl (C=O) groups is 1. The molecule has 0 aliphatic heterocycles. The second-order valence-electron chi connectivity index (χ2n) is 3.94. The molecule has 2 rings (SSSR count). The minimum atomic E-state index is -0.986. The SMILES string of the molecule is N#CC(C(=O)c1cccc(F)c1Cl)c1ccccc1. The van der Waals surface area contributed by atoms with E-state index in [4.69, 9.17) is 16.9 Å². The third-order valence-electron chi connectivity index (χ3n) is 2.74. The summed E-state index contributed by atoms with van der Waals surface area (Å²) in [5, 5.41) is 8.92. The lowest BCUT2D eigenvalue weighted by Gasteiger charge is -2.10. The summed E-state index contributed by atoms with van der Waals surface area (Å²) in [7, 11) is 0. The Morgan fingerprint density at radius 2 is 1.84 bits per heavy atom. The number of ketones is 1. The van der Waals surface area contributed by atoms with Crippen LogP contribution in [-0.4, -0.2) is 5.78 Å². The van der Waals surface area contributed by atoms with Crippen molar-refractivity contribution < 1.29 is 9.18 Å². The van der Waals surface area contributed by atoms with E-state index in [1.807, 2.05) is 6.07 Å². The van der Waals surface area contributed by atoms with Crippen molar-refractivity contribution in [2.24, 2.45) is 0 Å². The normalized spacial score (nSPS) is 11.6. The third-order valence-corrected chi connectivity index (χ3v) is 3.13. The highest BCUT2D eigenvalue weighted by molar-refractivity contribution is 6.34. The molecule has 2 aromatic carbocycles. The Bertz CT molecular complexity index is 649. The smallest absolute Gasteiger partial charge is 0.186 e. The summed E-state index contributed by atoms with van der Waals surface area (Å²) in [6, 6.07) is 14.5. The van der Waals surface area contributed by atoms with Crippen molar-refractivity contribution in [1.82, 2.24) is 0 Å². The second-order valence-corrected chi connectivity index (χ2v) is 4.32. The van der Waals surface area contributed by atoms with Crippen LogP contribution in [0.2, 0.25) is 5.02 Å². The van der Waals surface area contributed by atoms with Crippen molar-refractivity contribution in [3.05, 3.63) is 70.5 Å². The van der Waals surface area contributed by atoms with Crippen LogP contribution in [0.1, 0.15) is 21.8 Å². The molecule has 94 valence electrons. The Morgan fingerprint density at radius 1 is 1.16 bits per heavy atom. The van der Waals surface area contributed by atoms with Crippen LogP contribution in [0, 0.1) is 17.1 Å². The molecule has 19 heavy (non-hydrogen) atoms. The number of hydrogen-bond donors (Lipinski definition) is 0. The molecule has 0 fully saturated rings. The van der Waals surface area contributed by atoms with Crippen LogP contribution >= 0.6 is 11.6 Å². The molecule has 1 unspecified atom stereocenters. The first kappa shape index (κ1) is 13.3. The van der Waals surface area contributed by atoms with Gasteiger partial charge >= 0.3 is 0 Å². The van der Waals surface area contributed by atoms with Crippen LogP contribution in [0.25, 0.3) is 0 Å². The number of carbonyl (C=O) groups excluding carboxylic acids is 1. The van der Waals surface area contributed by atoms with Crippen LogP contribution < -0.4 is 0 Å². The minimum Gasteiger partial charge on any atom is -0.292 e. The van der Waals surface area contributed by atoms with Crippen LogP contribution in [0.15, 0.2) is 48.5 Å². The fraction of sp³-hybridized carbons (Fsp3) is 0.0667. The van der Waals surface area contributed by atoms with E-state index in [1.165, 1.54) is 18.2 Å². The van der Waals surface area contributed by atoms with E-state index in [-0.39, 0.29) is 10.6 Å². The number of halogens is 2. The minimum absolute atomic E-state index is 0.0251. The molecule has 0 amide bonds. The van der Waals surface area contributed by atoms with Crippen LogP contribution in [0.3, 0.4) is 0 Å². The molecule has 0 aliphatic rings. The van der Waals surface area contributed by atoms with Crippen molar-refractivity contribution in [1.29, 1.82) is 5.26 Å². The second kappa shape index (κ2) is 5.64. The van der Waals surface area contributed by atoms with Crippen molar-refractivity contribution in [2.75, 3.05) is 0 Å². The lowest BCUT2D eigenvalue weighted by atomic mass is 9.92. The van der Waals surface area contributed by atoms with E-state index in [0.29, 0.717) is 5.56 Å². The molecule has 0 heterocycles. The lowest BCUT2D eigenvalue weighted by Crippen LogP contribution is -2.12. The largest absolute Gasteiger partial charge is 0.292 e. The lowest BCUT2D eigenvalue weighted by molar-refractivity contribution is 0.0978. The van der Waals surface area contributed by atoms with E-state index in [0.717, 1.165) is 0 Å². The fourth-order valence-corrected chi connectivity index (χ4v) is 2.00. The Hall–Kier alpha value is -2.18. The van der Waals surface area contributed by atoms with Crippen LogP contribution in [0.4, 0.5) is 4.39 Å². The summed E-state index contributed by atoms with van der Waals surface area (Å²) in [6.45, 7) is 0. The number of hydrogen-bond acceptors (Lipinski definition) is 2. The average molecular weight is 274 g/mol. The van der Waals surface area contributed by atoms with E-state index >= 15 is 0 Å². The Kier molecular flexibility index (Phi) is 3.94. The maximum atomic E-state index is 13.3. The van der Waals surface area contributed by atoms with Gasteiger partial charge in [0.2, 0.25) is 0 Å². The number of Topliss-reactive ketones (excluding diaryl/α,β-unsaturated/α-hetero) is 1. The molecular formula is C15H9ClFNO. The van der Waals surface area contributed by atoms with Crippen LogP contribution in [0.5, 0.6) is 0 Å². The van der Waals surface area contributed by atoms with Crippen LogP contribution in [-0.2, 0) is 0 Å². The summed E-state index contributed by atoms with van der Waals surface area (Å²) in [5.74, 6) is -2.16. The summed E-state index contributed by atoms with van der Waals surface area (Å²) in [5.41, 5.74) is 0.590. The first-order chi connectivity index (χ1) is 9.15. The molecule has 0 bridgehead atoms. The summed E-state index contributed by atoms with van der Waals surface area (Å²) in [4.78, 5) is 12.3. The van der Waals surface area contributed by atoms with Gasteiger partial charge in [-0.2, -0.15) is 5.26 Å². The number of benzene rings is 2. The van der Waals surface area contributed by atoms with Gasteiger partial charge in [0.25, 0.3) is 0 Å². The van der Waals surface area contributed by atoms with Gasteiger partial charge in [-0.3, -0.25) is 4.79 Å². The predicted molar refractivity (Wildman–Crippen MR) is 70.5 cm³/mol. The maximum absolute atomic E-state index is 13.3. The third kappa shape index (κ3) is 2.64. The standard InChI is InChI=1S/C15H9ClFNO/c16-14-11(7-4-8-13(14)17)15(19)12(9-18)10-5-2-1-3-6-10/h1-8,12H. The quantitative estimate of drug-likeness (QED) is 0.794. The molecule has 0 N–H and O–H groups in total. The van der Waals surface area contributed by atoms with Gasteiger partial charge in [-0.15, -0.1) is 0 Å². The molecule has 0 radical (unpaired) electrons. The van der Waals surface area contributed by atoms with E-state index in [1.54, 1.807) is 30.3 Å². The van der Waals surface area contributed by atoms with Crippen molar-refractivity contribution in [2.45, 2.75) is 5.92 Å². The molecule has 4 heteroatoms. The summed E-state index contributed by atoms with van der Waals surface area (Å²) in [6.07, 6.45) is 0. The van der Waals surface area contributed by atoms with Crippen molar-refractivity contribution in [3.63, 3.8) is 0 Å². The molecule has 1 atom stereocenters. The molecule has 0 spiro atoms. The highest BCUT2D eigenvalue weighted by Crippen LogP contribution is 2.26. The fourth-order valence-electron chi connectivity index (χ4n) is 1.78. The van der Waals surface area contributed by atoms with Gasteiger partial charge in [-0.25, -0.2) is 4.39 Å². The van der Waals surface area contributed by atoms with Gasteiger partial charge in [-0.05, 0) is 17.7 Å². The first-order valence-electron chi connectivity index (χ1n) is 5.58. The average Bonchev–Trinajstić information content (AvgIpc) is 2.44. The zero-order valence-corrected chi connectivity index (χ0v) is 10.6. The van der Waals surface area contributed by atoms with Gasteiger partial charge < -0.3 is 0 Å². The summed E-state index contributed by atoms with van der Waals surface area (Å²) < 4.78 is 13.3. The van der Waals surface area contributed by atoms with Crippen molar-refractivity contribution in [3.8, 4) is 6.07 Å². The Balaban J connectivity index is 2.43. The van der Waals surface area contributed by atoms with Gasteiger partial charge in [0.1, 0.15) is 11.7 Å². The summed E-state index contributed by atoms with van der Waals surface area (Å²) >= 11 is 5.77. The zero-order valence-electron chi connectivity index (χ0n) is 9.81. The molecule has 2 aromatic rings. The van der Waals surface area contributed by atoms with E-state index < -0.39 is 17.5 Å². The van der Waals surface area contributed by atoms with Gasteiger partial charge in [0.15, 0.2) is 5.78 Å². The van der Waals surface area contributed by atoms with E-state index in [2.05, 4.69) is 0 Å². The molecule has 0 aliphatic carbocycles. The first-order valence-corrected chi connectivity index (χ1v) is 5.95. The maximum Gasteiger partial charge on any atom is 0.186 e. The highest BCUT2D eigenvalue weighted by atomic mass is 35.5. The van der Waals surface area contributed by atoms with Gasteiger partial charge in [0.05, 0.1) is 11.1 Å². The highest BCUT2D eigenvalue weighted by Gasteiger charge is 2.24.